The molecule has 0 aromatic carbocycles. The Balaban J connectivity index is 1.81. The molecule has 0 aliphatic carbocycles. The van der Waals surface area contributed by atoms with E-state index in [0.29, 0.717) is 12.2 Å². The van der Waals surface area contributed by atoms with Crippen molar-refractivity contribution >= 4 is 15.7 Å². The molecule has 2 N–H and O–H groups in total. The SMILES string of the molecule is CCNc1cncc(S(=O)(=O)NCCCN2CCOCC2)c1. The minimum atomic E-state index is -3.50. The molecule has 124 valence electrons. The van der Waals surface area contributed by atoms with Crippen molar-refractivity contribution < 1.29 is 13.2 Å². The molecule has 0 bridgehead atoms. The standard InChI is InChI=1S/C14H24N4O3S/c1-2-16-13-10-14(12-15-11-13)22(19,20)17-4-3-5-18-6-8-21-9-7-18/h10-12,16-17H,2-9H2,1H3. The summed E-state index contributed by atoms with van der Waals surface area (Å²) in [6.45, 7) is 7.32. The number of ether oxygens (including phenoxy) is 1. The average Bonchev–Trinajstić information content (AvgIpc) is 2.53. The summed E-state index contributed by atoms with van der Waals surface area (Å²) in [7, 11) is -3.50. The van der Waals surface area contributed by atoms with Gasteiger partial charge < -0.3 is 10.1 Å². The van der Waals surface area contributed by atoms with E-state index in [1.807, 2.05) is 6.92 Å². The van der Waals surface area contributed by atoms with Gasteiger partial charge in [-0.3, -0.25) is 9.88 Å². The zero-order valence-electron chi connectivity index (χ0n) is 12.9. The molecule has 1 aliphatic heterocycles. The summed E-state index contributed by atoms with van der Waals surface area (Å²) in [5.41, 5.74) is 0.707. The molecule has 1 saturated heterocycles. The van der Waals surface area contributed by atoms with Crippen LogP contribution in [0.25, 0.3) is 0 Å². The van der Waals surface area contributed by atoms with E-state index < -0.39 is 10.0 Å². The fraction of sp³-hybridized carbons (Fsp3) is 0.643. The molecular weight excluding hydrogens is 304 g/mol. The summed E-state index contributed by atoms with van der Waals surface area (Å²) in [5, 5.41) is 3.06. The maximum atomic E-state index is 12.2. The third kappa shape index (κ3) is 5.20. The number of nitrogens with one attached hydrogen (secondary N) is 2. The Kier molecular flexibility index (Phi) is 6.56. The lowest BCUT2D eigenvalue weighted by atomic mass is 10.3. The first-order valence-electron chi connectivity index (χ1n) is 7.60. The normalized spacial score (nSPS) is 16.6. The van der Waals surface area contributed by atoms with Gasteiger partial charge in [0.15, 0.2) is 0 Å². The highest BCUT2D eigenvalue weighted by Crippen LogP contribution is 2.13. The van der Waals surface area contributed by atoms with Crippen LogP contribution in [0.4, 0.5) is 5.69 Å². The van der Waals surface area contributed by atoms with Crippen LogP contribution in [-0.2, 0) is 14.8 Å². The van der Waals surface area contributed by atoms with E-state index in [4.69, 9.17) is 4.74 Å². The molecule has 22 heavy (non-hydrogen) atoms. The highest BCUT2D eigenvalue weighted by molar-refractivity contribution is 7.89. The van der Waals surface area contributed by atoms with E-state index in [0.717, 1.165) is 45.8 Å². The molecular formula is C14H24N4O3S. The van der Waals surface area contributed by atoms with Gasteiger partial charge in [-0.15, -0.1) is 0 Å². The van der Waals surface area contributed by atoms with Gasteiger partial charge in [-0.1, -0.05) is 0 Å². The Hall–Kier alpha value is -1.22. The van der Waals surface area contributed by atoms with Crippen molar-refractivity contribution in [3.8, 4) is 0 Å². The van der Waals surface area contributed by atoms with Crippen molar-refractivity contribution in [2.45, 2.75) is 18.2 Å². The van der Waals surface area contributed by atoms with E-state index in [2.05, 4.69) is 19.9 Å². The van der Waals surface area contributed by atoms with Crippen LogP contribution in [0, 0.1) is 0 Å². The Morgan fingerprint density at radius 2 is 2.09 bits per heavy atom. The van der Waals surface area contributed by atoms with Gasteiger partial charge in [-0.2, -0.15) is 0 Å². The minimum absolute atomic E-state index is 0.192. The van der Waals surface area contributed by atoms with Crippen LogP contribution in [0.1, 0.15) is 13.3 Å². The number of anilines is 1. The minimum Gasteiger partial charge on any atom is -0.384 e. The van der Waals surface area contributed by atoms with Crippen molar-refractivity contribution in [3.63, 3.8) is 0 Å². The lowest BCUT2D eigenvalue weighted by molar-refractivity contribution is 0.0376. The molecule has 2 rings (SSSR count). The quantitative estimate of drug-likeness (QED) is 0.677. The predicted octanol–water partition coefficient (Wildman–Crippen LogP) is 0.514. The molecule has 1 aliphatic rings. The van der Waals surface area contributed by atoms with E-state index >= 15 is 0 Å². The first-order valence-corrected chi connectivity index (χ1v) is 9.09. The second-order valence-corrected chi connectivity index (χ2v) is 6.91. The zero-order valence-corrected chi connectivity index (χ0v) is 13.7. The molecule has 0 spiro atoms. The smallest absolute Gasteiger partial charge is 0.242 e. The fourth-order valence-corrected chi connectivity index (χ4v) is 3.35. The lowest BCUT2D eigenvalue weighted by Crippen LogP contribution is -2.38. The van der Waals surface area contributed by atoms with Gasteiger partial charge in [-0.25, -0.2) is 13.1 Å². The molecule has 7 nitrogen and oxygen atoms in total. The summed E-state index contributed by atoms with van der Waals surface area (Å²) >= 11 is 0. The van der Waals surface area contributed by atoms with E-state index in [1.165, 1.54) is 6.20 Å². The van der Waals surface area contributed by atoms with Crippen LogP contribution in [0.3, 0.4) is 0 Å². The highest BCUT2D eigenvalue weighted by Gasteiger charge is 2.15. The van der Waals surface area contributed by atoms with Gasteiger partial charge in [0.1, 0.15) is 4.90 Å². The number of hydrogen-bond donors (Lipinski definition) is 2. The summed E-state index contributed by atoms with van der Waals surface area (Å²) < 4.78 is 32.4. The van der Waals surface area contributed by atoms with Crippen LogP contribution < -0.4 is 10.0 Å². The van der Waals surface area contributed by atoms with Crippen LogP contribution >= 0.6 is 0 Å². The Bertz CT molecular complexity index is 559. The molecule has 0 atom stereocenters. The van der Waals surface area contributed by atoms with Gasteiger partial charge in [0.2, 0.25) is 10.0 Å². The number of pyridine rings is 1. The van der Waals surface area contributed by atoms with Crippen LogP contribution in [0.15, 0.2) is 23.4 Å². The second-order valence-electron chi connectivity index (χ2n) is 5.14. The highest BCUT2D eigenvalue weighted by atomic mass is 32.2. The molecule has 0 saturated carbocycles. The third-order valence-electron chi connectivity index (χ3n) is 3.45. The third-order valence-corrected chi connectivity index (χ3v) is 4.88. The van der Waals surface area contributed by atoms with Gasteiger partial charge in [0.05, 0.1) is 25.1 Å². The maximum Gasteiger partial charge on any atom is 0.242 e. The van der Waals surface area contributed by atoms with Crippen LogP contribution in [0.5, 0.6) is 0 Å². The summed E-state index contributed by atoms with van der Waals surface area (Å²) in [6, 6.07) is 1.60. The summed E-state index contributed by atoms with van der Waals surface area (Å²) in [5.74, 6) is 0. The summed E-state index contributed by atoms with van der Waals surface area (Å²) in [4.78, 5) is 6.44. The number of hydrogen-bond acceptors (Lipinski definition) is 6. The molecule has 1 fully saturated rings. The Morgan fingerprint density at radius 1 is 1.32 bits per heavy atom. The summed E-state index contributed by atoms with van der Waals surface area (Å²) in [6.07, 6.45) is 3.76. The van der Waals surface area contributed by atoms with Crippen molar-refractivity contribution in [3.05, 3.63) is 18.5 Å². The van der Waals surface area contributed by atoms with E-state index in [-0.39, 0.29) is 4.90 Å². The van der Waals surface area contributed by atoms with Gasteiger partial charge >= 0.3 is 0 Å². The molecule has 0 amide bonds. The Morgan fingerprint density at radius 3 is 2.82 bits per heavy atom. The monoisotopic (exact) mass is 328 g/mol. The fourth-order valence-electron chi connectivity index (χ4n) is 2.28. The number of nitrogens with zero attached hydrogens (tertiary/aromatic N) is 2. The van der Waals surface area contributed by atoms with Crippen molar-refractivity contribution in [2.75, 3.05) is 51.3 Å². The maximum absolute atomic E-state index is 12.2. The van der Waals surface area contributed by atoms with Gasteiger partial charge in [0.25, 0.3) is 0 Å². The first-order chi connectivity index (χ1) is 10.6. The van der Waals surface area contributed by atoms with Crippen LogP contribution in [-0.4, -0.2) is 64.2 Å². The first kappa shape index (κ1) is 17.1. The molecule has 1 aromatic rings. The predicted molar refractivity (Wildman–Crippen MR) is 85.5 cm³/mol. The zero-order chi connectivity index (χ0) is 15.8. The lowest BCUT2D eigenvalue weighted by Gasteiger charge is -2.26. The molecule has 0 unspecified atom stereocenters. The topological polar surface area (TPSA) is 83.6 Å². The van der Waals surface area contributed by atoms with E-state index in [1.54, 1.807) is 12.3 Å². The van der Waals surface area contributed by atoms with E-state index in [9.17, 15) is 8.42 Å². The number of sulfonamides is 1. The number of rotatable bonds is 8. The largest absolute Gasteiger partial charge is 0.384 e. The molecule has 2 heterocycles. The number of aromatic nitrogens is 1. The second kappa shape index (κ2) is 8.42. The molecule has 1 aromatic heterocycles. The van der Waals surface area contributed by atoms with Crippen LogP contribution in [0.2, 0.25) is 0 Å². The number of morpholine rings is 1. The van der Waals surface area contributed by atoms with Gasteiger partial charge in [-0.05, 0) is 26.0 Å². The molecule has 8 heteroatoms. The van der Waals surface area contributed by atoms with Crippen molar-refractivity contribution in [2.24, 2.45) is 0 Å². The average molecular weight is 328 g/mol. The van der Waals surface area contributed by atoms with Crippen molar-refractivity contribution in [1.82, 2.24) is 14.6 Å². The Labute approximate surface area is 132 Å². The molecule has 0 radical (unpaired) electrons. The van der Waals surface area contributed by atoms with Gasteiger partial charge in [0, 0.05) is 32.4 Å². The van der Waals surface area contributed by atoms with Crippen molar-refractivity contribution in [1.29, 1.82) is 0 Å².